The van der Waals surface area contributed by atoms with Gasteiger partial charge in [0.15, 0.2) is 12.0 Å². The SMILES string of the molecule is Cn1cnnc1[C@H](F)C1(c2cccc(-n3cc4c(C(F)(F)F)cc(CN)cn4c3=O)c2)COC1. The lowest BCUT2D eigenvalue weighted by atomic mass is 9.74. The van der Waals surface area contributed by atoms with Crippen molar-refractivity contribution in [3.63, 3.8) is 0 Å². The molecule has 5 rings (SSSR count). The van der Waals surface area contributed by atoms with Gasteiger partial charge >= 0.3 is 11.9 Å². The minimum atomic E-state index is -4.68. The van der Waals surface area contributed by atoms with Crippen LogP contribution in [0.3, 0.4) is 0 Å². The predicted octanol–water partition coefficient (Wildman–Crippen LogP) is 2.68. The molecule has 0 amide bonds. The van der Waals surface area contributed by atoms with Crippen LogP contribution in [0.15, 0.2) is 53.8 Å². The summed E-state index contributed by atoms with van der Waals surface area (Å²) in [6, 6.07) is 7.42. The van der Waals surface area contributed by atoms with Gasteiger partial charge in [-0.1, -0.05) is 12.1 Å². The highest BCUT2D eigenvalue weighted by Gasteiger charge is 2.50. The molecule has 0 aliphatic carbocycles. The average Bonchev–Trinajstić information content (AvgIpc) is 3.35. The molecule has 1 atom stereocenters. The maximum atomic E-state index is 15.7. The van der Waals surface area contributed by atoms with E-state index in [0.717, 1.165) is 21.2 Å². The number of aryl methyl sites for hydroxylation is 1. The highest BCUT2D eigenvalue weighted by Crippen LogP contribution is 2.45. The molecule has 12 heteroatoms. The lowest BCUT2D eigenvalue weighted by Crippen LogP contribution is -2.50. The van der Waals surface area contributed by atoms with Crippen LogP contribution in [0, 0.1) is 0 Å². The summed E-state index contributed by atoms with van der Waals surface area (Å²) in [5.74, 6) is 0.129. The average molecular weight is 476 g/mol. The molecule has 2 N–H and O–H groups in total. The van der Waals surface area contributed by atoms with Crippen molar-refractivity contribution in [1.82, 2.24) is 23.7 Å². The molecule has 0 unspecified atom stereocenters. The summed E-state index contributed by atoms with van der Waals surface area (Å²) >= 11 is 0. The van der Waals surface area contributed by atoms with Crippen LogP contribution in [-0.2, 0) is 29.9 Å². The van der Waals surface area contributed by atoms with E-state index in [1.807, 2.05) is 0 Å². The van der Waals surface area contributed by atoms with Gasteiger partial charge in [0, 0.05) is 26.0 Å². The summed E-state index contributed by atoms with van der Waals surface area (Å²) in [5, 5.41) is 7.60. The normalized spacial score (nSPS) is 16.5. The second-order valence-electron chi connectivity index (χ2n) is 8.36. The third kappa shape index (κ3) is 3.32. The van der Waals surface area contributed by atoms with Crippen LogP contribution in [0.5, 0.6) is 0 Å². The van der Waals surface area contributed by atoms with Crippen molar-refractivity contribution in [1.29, 1.82) is 0 Å². The van der Waals surface area contributed by atoms with E-state index in [1.54, 1.807) is 31.3 Å². The number of ether oxygens (including phenoxy) is 1. The van der Waals surface area contributed by atoms with E-state index in [9.17, 15) is 18.0 Å². The molecule has 1 fully saturated rings. The molecule has 0 spiro atoms. The monoisotopic (exact) mass is 476 g/mol. The zero-order chi connectivity index (χ0) is 24.3. The molecule has 3 aromatic heterocycles. The van der Waals surface area contributed by atoms with Crippen LogP contribution in [0.25, 0.3) is 11.2 Å². The van der Waals surface area contributed by atoms with E-state index < -0.39 is 29.0 Å². The highest BCUT2D eigenvalue weighted by molar-refractivity contribution is 5.58. The number of alkyl halides is 4. The number of fused-ring (bicyclic) bond motifs is 1. The maximum absolute atomic E-state index is 15.7. The Labute approximate surface area is 190 Å². The van der Waals surface area contributed by atoms with E-state index in [4.69, 9.17) is 10.5 Å². The number of imidazole rings is 1. The van der Waals surface area contributed by atoms with E-state index in [-0.39, 0.29) is 36.7 Å². The molecule has 34 heavy (non-hydrogen) atoms. The van der Waals surface area contributed by atoms with Crippen LogP contribution >= 0.6 is 0 Å². The quantitative estimate of drug-likeness (QED) is 0.447. The molecule has 0 saturated carbocycles. The molecule has 4 heterocycles. The first-order chi connectivity index (χ1) is 16.2. The lowest BCUT2D eigenvalue weighted by molar-refractivity contribution is -0.136. The van der Waals surface area contributed by atoms with Crippen molar-refractivity contribution in [2.75, 3.05) is 13.2 Å². The van der Waals surface area contributed by atoms with Crippen molar-refractivity contribution < 1.29 is 22.3 Å². The first-order valence-corrected chi connectivity index (χ1v) is 10.4. The molecule has 1 aromatic carbocycles. The minimum absolute atomic E-state index is 0.0786. The van der Waals surface area contributed by atoms with Crippen LogP contribution in [0.4, 0.5) is 17.6 Å². The molecule has 0 bridgehead atoms. The van der Waals surface area contributed by atoms with Gasteiger partial charge in [0.05, 0.1) is 35.4 Å². The summed E-state index contributed by atoms with van der Waals surface area (Å²) in [6.45, 7) is -0.00101. The molecular weight excluding hydrogens is 456 g/mol. The fourth-order valence-corrected chi connectivity index (χ4v) is 4.28. The van der Waals surface area contributed by atoms with Gasteiger partial charge < -0.3 is 15.0 Å². The molecule has 178 valence electrons. The number of hydrogen-bond donors (Lipinski definition) is 1. The van der Waals surface area contributed by atoms with Gasteiger partial charge in [0.2, 0.25) is 0 Å². The Balaban J connectivity index is 1.64. The third-order valence-electron chi connectivity index (χ3n) is 6.24. The topological polar surface area (TPSA) is 92.4 Å². The minimum Gasteiger partial charge on any atom is -0.379 e. The van der Waals surface area contributed by atoms with Gasteiger partial charge in [-0.05, 0) is 29.3 Å². The number of pyridine rings is 1. The van der Waals surface area contributed by atoms with Crippen molar-refractivity contribution in [3.05, 3.63) is 82.1 Å². The van der Waals surface area contributed by atoms with E-state index >= 15 is 4.39 Å². The largest absolute Gasteiger partial charge is 0.418 e. The summed E-state index contributed by atoms with van der Waals surface area (Å²) < 4.78 is 65.5. The van der Waals surface area contributed by atoms with Crippen LogP contribution < -0.4 is 11.4 Å². The number of hydrogen-bond acceptors (Lipinski definition) is 5. The van der Waals surface area contributed by atoms with Crippen molar-refractivity contribution in [2.24, 2.45) is 12.8 Å². The Morgan fingerprint density at radius 2 is 2.00 bits per heavy atom. The van der Waals surface area contributed by atoms with Crippen LogP contribution in [0.1, 0.15) is 28.7 Å². The third-order valence-corrected chi connectivity index (χ3v) is 6.24. The molecule has 8 nitrogen and oxygen atoms in total. The van der Waals surface area contributed by atoms with Gasteiger partial charge in [-0.3, -0.25) is 8.97 Å². The smallest absolute Gasteiger partial charge is 0.379 e. The zero-order valence-corrected chi connectivity index (χ0v) is 18.0. The molecule has 4 aromatic rings. The van der Waals surface area contributed by atoms with Gasteiger partial charge in [-0.25, -0.2) is 9.18 Å². The Morgan fingerprint density at radius 1 is 1.24 bits per heavy atom. The standard InChI is InChI=1S/C22H20F4N6O2/c1-30-12-28-29-19(30)18(23)21(10-34-11-21)14-3-2-4-15(6-14)31-9-17-16(22(24,25)26)5-13(7-27)8-32(17)20(31)33/h2-6,8-9,12,18H,7,10-11,27H2,1H3/t18-/m0/s1. The number of nitrogens with two attached hydrogens (primary N) is 1. The van der Waals surface area contributed by atoms with Gasteiger partial charge in [-0.15, -0.1) is 10.2 Å². The molecule has 1 saturated heterocycles. The molecule has 1 aliphatic heterocycles. The Morgan fingerprint density at radius 3 is 2.59 bits per heavy atom. The Hall–Kier alpha value is -3.51. The molecule has 1 aliphatic rings. The maximum Gasteiger partial charge on any atom is 0.418 e. The second-order valence-corrected chi connectivity index (χ2v) is 8.36. The van der Waals surface area contributed by atoms with Gasteiger partial charge in [-0.2, -0.15) is 13.2 Å². The molecule has 0 radical (unpaired) electrons. The number of nitrogens with zero attached hydrogens (tertiary/aromatic N) is 5. The number of benzene rings is 1. The summed E-state index contributed by atoms with van der Waals surface area (Å²) in [5.41, 5.74) is 3.52. The number of halogens is 4. The summed E-state index contributed by atoms with van der Waals surface area (Å²) in [4.78, 5) is 13.1. The fraction of sp³-hybridized carbons (Fsp3) is 0.318. The van der Waals surface area contributed by atoms with E-state index in [1.165, 1.54) is 17.1 Å². The van der Waals surface area contributed by atoms with Gasteiger partial charge in [0.1, 0.15) is 6.33 Å². The Bertz CT molecular complexity index is 1430. The number of rotatable bonds is 5. The van der Waals surface area contributed by atoms with Crippen molar-refractivity contribution >= 4 is 5.52 Å². The van der Waals surface area contributed by atoms with E-state index in [0.29, 0.717) is 11.3 Å². The number of aromatic nitrogens is 5. The van der Waals surface area contributed by atoms with Crippen molar-refractivity contribution in [3.8, 4) is 5.69 Å². The lowest BCUT2D eigenvalue weighted by Gasteiger charge is -2.43. The predicted molar refractivity (Wildman–Crippen MR) is 113 cm³/mol. The summed E-state index contributed by atoms with van der Waals surface area (Å²) in [6.07, 6.45) is -2.41. The van der Waals surface area contributed by atoms with Crippen LogP contribution in [0.2, 0.25) is 0 Å². The second kappa shape index (κ2) is 7.77. The Kier molecular flexibility index (Phi) is 5.10. The zero-order valence-electron chi connectivity index (χ0n) is 18.0. The first kappa shape index (κ1) is 22.3. The van der Waals surface area contributed by atoms with Gasteiger partial charge in [0.25, 0.3) is 0 Å². The van der Waals surface area contributed by atoms with E-state index in [2.05, 4.69) is 10.2 Å². The van der Waals surface area contributed by atoms with Crippen molar-refractivity contribution in [2.45, 2.75) is 24.3 Å². The van der Waals surface area contributed by atoms with Crippen LogP contribution in [-0.4, -0.2) is 36.9 Å². The molecular formula is C22H20F4N6O2. The first-order valence-electron chi connectivity index (χ1n) is 10.4. The summed E-state index contributed by atoms with van der Waals surface area (Å²) in [7, 11) is 1.63. The highest BCUT2D eigenvalue weighted by atomic mass is 19.4. The fourth-order valence-electron chi connectivity index (χ4n) is 4.28.